The first-order chi connectivity index (χ1) is 19.2. The molecule has 1 fully saturated rings. The lowest BCUT2D eigenvalue weighted by molar-refractivity contribution is -0.133. The van der Waals surface area contributed by atoms with Gasteiger partial charge in [-0.3, -0.25) is 4.79 Å². The highest BCUT2D eigenvalue weighted by molar-refractivity contribution is 6.30. The molecule has 1 aliphatic rings. The number of piperazine rings is 1. The lowest BCUT2D eigenvalue weighted by Gasteiger charge is -2.39. The number of hydrogen-bond donors (Lipinski definition) is 2. The van der Waals surface area contributed by atoms with Gasteiger partial charge in [0.15, 0.2) is 0 Å². The van der Waals surface area contributed by atoms with Crippen LogP contribution in [-0.2, 0) is 4.79 Å². The van der Waals surface area contributed by atoms with Crippen LogP contribution >= 0.6 is 11.6 Å². The van der Waals surface area contributed by atoms with E-state index in [9.17, 15) is 19.1 Å². The van der Waals surface area contributed by atoms with Crippen LogP contribution in [-0.4, -0.2) is 76.1 Å². The first-order valence-electron chi connectivity index (χ1n) is 13.2. The lowest BCUT2D eigenvalue weighted by atomic mass is 9.90. The summed E-state index contributed by atoms with van der Waals surface area (Å²) in [5.41, 5.74) is 4.07. The standard InChI is InChI=1S/C30H31ClFN5O3/c1-19(35(2)30(39)40)16-25(20-6-8-22(31)9-7-20)29(38)37-14-12-36(13-15-37)27-24-10-11-33-28(24)34-18-26(27)21-4-3-5-23(32)17-21/h3-11,17-19,25H,12-16H2,1-2H3,(H,33,34)(H,39,40). The summed E-state index contributed by atoms with van der Waals surface area (Å²) in [5, 5.41) is 11.0. The molecular formula is C30H31ClFN5O3. The van der Waals surface area contributed by atoms with Crippen molar-refractivity contribution in [3.8, 4) is 11.1 Å². The number of benzene rings is 2. The Hall–Kier alpha value is -4.11. The van der Waals surface area contributed by atoms with Crippen LogP contribution in [0.4, 0.5) is 14.9 Å². The molecule has 2 unspecified atom stereocenters. The number of rotatable bonds is 7. The summed E-state index contributed by atoms with van der Waals surface area (Å²) in [6, 6.07) is 15.2. The fourth-order valence-corrected chi connectivity index (χ4v) is 5.46. The molecule has 0 spiro atoms. The Morgan fingerprint density at radius 3 is 2.52 bits per heavy atom. The van der Waals surface area contributed by atoms with E-state index < -0.39 is 12.0 Å². The number of amides is 2. The number of carbonyl (C=O) groups is 2. The van der Waals surface area contributed by atoms with Crippen LogP contribution in [0, 0.1) is 5.82 Å². The molecule has 2 amide bonds. The molecule has 0 aliphatic carbocycles. The van der Waals surface area contributed by atoms with E-state index in [4.69, 9.17) is 11.6 Å². The largest absolute Gasteiger partial charge is 0.465 e. The Morgan fingerprint density at radius 2 is 1.85 bits per heavy atom. The number of carbonyl (C=O) groups excluding carboxylic acids is 1. The molecule has 1 aliphatic heterocycles. The molecule has 0 saturated carbocycles. The zero-order chi connectivity index (χ0) is 28.4. The Labute approximate surface area is 237 Å². The minimum absolute atomic E-state index is 0.0421. The van der Waals surface area contributed by atoms with Gasteiger partial charge < -0.3 is 24.8 Å². The number of fused-ring (bicyclic) bond motifs is 1. The number of halogens is 2. The number of carboxylic acid groups (broad SMARTS) is 1. The van der Waals surface area contributed by atoms with Gasteiger partial charge in [-0.1, -0.05) is 35.9 Å². The summed E-state index contributed by atoms with van der Waals surface area (Å²) in [6.45, 7) is 3.94. The number of pyridine rings is 1. The average Bonchev–Trinajstić information content (AvgIpc) is 3.44. The Kier molecular flexibility index (Phi) is 7.93. The van der Waals surface area contributed by atoms with E-state index in [1.165, 1.54) is 24.1 Å². The minimum Gasteiger partial charge on any atom is -0.465 e. The minimum atomic E-state index is -1.04. The van der Waals surface area contributed by atoms with Gasteiger partial charge in [0.2, 0.25) is 5.91 Å². The first-order valence-corrected chi connectivity index (χ1v) is 13.6. The number of aromatic amines is 1. The maximum atomic E-state index is 14.1. The number of hydrogen-bond acceptors (Lipinski definition) is 4. The van der Waals surface area contributed by atoms with Crippen molar-refractivity contribution in [2.24, 2.45) is 0 Å². The summed E-state index contributed by atoms with van der Waals surface area (Å²) in [6.07, 6.45) is 2.91. The van der Waals surface area contributed by atoms with Gasteiger partial charge in [-0.05, 0) is 54.8 Å². The highest BCUT2D eigenvalue weighted by Crippen LogP contribution is 2.37. The van der Waals surface area contributed by atoms with E-state index in [1.54, 1.807) is 24.4 Å². The van der Waals surface area contributed by atoms with E-state index in [0.29, 0.717) is 37.6 Å². The molecule has 3 heterocycles. The van der Waals surface area contributed by atoms with Gasteiger partial charge in [0.05, 0.1) is 11.6 Å². The van der Waals surface area contributed by atoms with E-state index in [0.717, 1.165) is 33.4 Å². The van der Waals surface area contributed by atoms with Crippen LogP contribution in [0.2, 0.25) is 5.02 Å². The van der Waals surface area contributed by atoms with E-state index >= 15 is 0 Å². The zero-order valence-electron chi connectivity index (χ0n) is 22.3. The van der Waals surface area contributed by atoms with Gasteiger partial charge in [-0.25, -0.2) is 14.2 Å². The molecule has 2 aromatic heterocycles. The maximum absolute atomic E-state index is 14.1. The third-order valence-electron chi connectivity index (χ3n) is 7.71. The third-order valence-corrected chi connectivity index (χ3v) is 7.96. The van der Waals surface area contributed by atoms with Crippen molar-refractivity contribution >= 4 is 40.3 Å². The molecule has 0 radical (unpaired) electrons. The van der Waals surface area contributed by atoms with Crippen LogP contribution in [0.3, 0.4) is 0 Å². The van der Waals surface area contributed by atoms with Crippen LogP contribution in [0.25, 0.3) is 22.2 Å². The zero-order valence-corrected chi connectivity index (χ0v) is 23.1. The fraction of sp³-hybridized carbons (Fsp3) is 0.300. The van der Waals surface area contributed by atoms with E-state index in [-0.39, 0.29) is 17.8 Å². The van der Waals surface area contributed by atoms with Crippen molar-refractivity contribution < 1.29 is 19.1 Å². The van der Waals surface area contributed by atoms with Crippen LogP contribution in [0.5, 0.6) is 0 Å². The lowest BCUT2D eigenvalue weighted by Crippen LogP contribution is -2.50. The van der Waals surface area contributed by atoms with Gasteiger partial charge in [-0.15, -0.1) is 0 Å². The third kappa shape index (κ3) is 5.60. The second kappa shape index (κ2) is 11.6. The fourth-order valence-electron chi connectivity index (χ4n) is 5.33. The molecule has 0 bridgehead atoms. The predicted molar refractivity (Wildman–Crippen MR) is 154 cm³/mol. The van der Waals surface area contributed by atoms with Crippen LogP contribution in [0.1, 0.15) is 24.8 Å². The normalized spacial score (nSPS) is 15.2. The predicted octanol–water partition coefficient (Wildman–Crippen LogP) is 5.84. The molecule has 10 heteroatoms. The first kappa shape index (κ1) is 27.5. The molecule has 4 aromatic rings. The maximum Gasteiger partial charge on any atom is 0.407 e. The van der Waals surface area contributed by atoms with Gasteiger partial charge in [0.25, 0.3) is 0 Å². The summed E-state index contributed by atoms with van der Waals surface area (Å²) in [7, 11) is 1.52. The van der Waals surface area contributed by atoms with Gasteiger partial charge >= 0.3 is 6.09 Å². The molecule has 40 heavy (non-hydrogen) atoms. The second-order valence-corrected chi connectivity index (χ2v) is 10.6. The molecule has 5 rings (SSSR count). The topological polar surface area (TPSA) is 92.8 Å². The SMILES string of the molecule is CC(CC(C(=O)N1CCN(c2c(-c3cccc(F)c3)cnc3[nH]ccc23)CC1)c1ccc(Cl)cc1)N(C)C(=O)O. The van der Waals surface area contributed by atoms with Crippen LogP contribution in [0.15, 0.2) is 67.0 Å². The smallest absolute Gasteiger partial charge is 0.407 e. The molecule has 1 saturated heterocycles. The molecule has 208 valence electrons. The number of H-pyrrole nitrogens is 1. The van der Waals surface area contributed by atoms with E-state index in [1.807, 2.05) is 42.3 Å². The van der Waals surface area contributed by atoms with Crippen molar-refractivity contribution in [1.29, 1.82) is 0 Å². The van der Waals surface area contributed by atoms with Crippen molar-refractivity contribution in [3.63, 3.8) is 0 Å². The molecule has 2 atom stereocenters. The Morgan fingerprint density at radius 1 is 1.12 bits per heavy atom. The van der Waals surface area contributed by atoms with Crippen molar-refractivity contribution in [1.82, 2.24) is 19.8 Å². The molecule has 2 aromatic carbocycles. The number of anilines is 1. The monoisotopic (exact) mass is 563 g/mol. The van der Waals surface area contributed by atoms with Gasteiger partial charge in [0.1, 0.15) is 11.5 Å². The summed E-state index contributed by atoms with van der Waals surface area (Å²) in [4.78, 5) is 38.4. The quantitative estimate of drug-likeness (QED) is 0.294. The molecule has 2 N–H and O–H groups in total. The molecular weight excluding hydrogens is 533 g/mol. The summed E-state index contributed by atoms with van der Waals surface area (Å²) >= 11 is 6.10. The molecule has 8 nitrogen and oxygen atoms in total. The number of nitrogens with one attached hydrogen (secondary N) is 1. The van der Waals surface area contributed by atoms with Crippen molar-refractivity contribution in [3.05, 3.63) is 83.4 Å². The highest BCUT2D eigenvalue weighted by atomic mass is 35.5. The van der Waals surface area contributed by atoms with Crippen LogP contribution < -0.4 is 4.90 Å². The van der Waals surface area contributed by atoms with Crippen molar-refractivity contribution in [2.75, 3.05) is 38.1 Å². The Balaban J connectivity index is 1.39. The highest BCUT2D eigenvalue weighted by Gasteiger charge is 2.32. The summed E-state index contributed by atoms with van der Waals surface area (Å²) < 4.78 is 14.1. The van der Waals surface area contributed by atoms with Crippen molar-refractivity contribution in [2.45, 2.75) is 25.3 Å². The average molecular weight is 564 g/mol. The number of aromatic nitrogens is 2. The summed E-state index contributed by atoms with van der Waals surface area (Å²) in [5.74, 6) is -0.871. The second-order valence-electron chi connectivity index (χ2n) is 10.2. The number of nitrogens with zero attached hydrogens (tertiary/aromatic N) is 4. The van der Waals surface area contributed by atoms with E-state index in [2.05, 4.69) is 14.9 Å². The van der Waals surface area contributed by atoms with Gasteiger partial charge in [0, 0.05) is 67.6 Å². The van der Waals surface area contributed by atoms with Gasteiger partial charge in [-0.2, -0.15) is 0 Å². The Bertz CT molecular complexity index is 1520.